The van der Waals surface area contributed by atoms with Gasteiger partial charge in [0, 0.05) is 19.3 Å². The predicted octanol–water partition coefficient (Wildman–Crippen LogP) is 23.1. The Kier molecular flexibility index (Phi) is 63.9. The number of allylic oxidation sites excluding steroid dienone is 24. The number of carbonyl (C=O) groups is 3. The van der Waals surface area contributed by atoms with Gasteiger partial charge in [-0.05, 0) is 135 Å². The largest absolute Gasteiger partial charge is 0.462 e. The van der Waals surface area contributed by atoms with Crippen molar-refractivity contribution < 1.29 is 28.6 Å². The summed E-state index contributed by atoms with van der Waals surface area (Å²) in [5.74, 6) is -0.939. The Hall–Kier alpha value is -4.71. The zero-order chi connectivity index (χ0) is 58.5. The maximum Gasteiger partial charge on any atom is 0.306 e. The summed E-state index contributed by atoms with van der Waals surface area (Å²) in [6.07, 6.45) is 97.3. The Morgan fingerprint density at radius 2 is 0.481 bits per heavy atom. The second kappa shape index (κ2) is 67.8. The Morgan fingerprint density at radius 1 is 0.259 bits per heavy atom. The van der Waals surface area contributed by atoms with Crippen LogP contribution in [-0.4, -0.2) is 37.2 Å². The fourth-order valence-corrected chi connectivity index (χ4v) is 8.87. The minimum atomic E-state index is -0.804. The molecule has 0 bridgehead atoms. The monoisotopic (exact) mass is 1120 g/mol. The fourth-order valence-electron chi connectivity index (χ4n) is 8.87. The third-order valence-corrected chi connectivity index (χ3v) is 13.8. The molecule has 0 amide bonds. The molecule has 0 N–H and O–H groups in total. The summed E-state index contributed by atoms with van der Waals surface area (Å²) in [4.78, 5) is 38.3. The molecule has 0 spiro atoms. The van der Waals surface area contributed by atoms with E-state index in [0.717, 1.165) is 148 Å². The van der Waals surface area contributed by atoms with Crippen LogP contribution < -0.4 is 0 Å². The predicted molar refractivity (Wildman–Crippen MR) is 352 cm³/mol. The third-order valence-electron chi connectivity index (χ3n) is 13.8. The van der Waals surface area contributed by atoms with Crippen LogP contribution in [0.1, 0.15) is 290 Å². The molecule has 0 saturated carbocycles. The molecule has 81 heavy (non-hydrogen) atoms. The van der Waals surface area contributed by atoms with Crippen LogP contribution in [0.5, 0.6) is 0 Å². The van der Waals surface area contributed by atoms with E-state index >= 15 is 0 Å². The van der Waals surface area contributed by atoms with E-state index in [1.165, 1.54) is 103 Å². The van der Waals surface area contributed by atoms with Crippen molar-refractivity contribution >= 4 is 17.9 Å². The zero-order valence-electron chi connectivity index (χ0n) is 52.5. The topological polar surface area (TPSA) is 78.9 Å². The average molecular weight is 1120 g/mol. The van der Waals surface area contributed by atoms with Gasteiger partial charge in [-0.3, -0.25) is 14.4 Å². The maximum absolute atomic E-state index is 12.9. The maximum atomic E-state index is 12.9. The number of rotatable bonds is 59. The van der Waals surface area contributed by atoms with Gasteiger partial charge in [0.25, 0.3) is 0 Å². The van der Waals surface area contributed by atoms with Crippen LogP contribution in [-0.2, 0) is 28.6 Å². The Balaban J connectivity index is 4.24. The van der Waals surface area contributed by atoms with Crippen molar-refractivity contribution in [1.29, 1.82) is 0 Å². The molecule has 6 nitrogen and oxygen atoms in total. The fraction of sp³-hybridized carbons (Fsp3) is 0.640. The van der Waals surface area contributed by atoms with Crippen LogP contribution in [0.25, 0.3) is 0 Å². The Bertz CT molecular complexity index is 1760. The van der Waals surface area contributed by atoms with Gasteiger partial charge in [-0.2, -0.15) is 0 Å². The highest BCUT2D eigenvalue weighted by Crippen LogP contribution is 2.16. The van der Waals surface area contributed by atoms with E-state index in [2.05, 4.69) is 167 Å². The summed E-state index contributed by atoms with van der Waals surface area (Å²) in [5.41, 5.74) is 0. The van der Waals surface area contributed by atoms with Crippen molar-refractivity contribution in [3.8, 4) is 0 Å². The van der Waals surface area contributed by atoms with Gasteiger partial charge in [-0.1, -0.05) is 282 Å². The quantitative estimate of drug-likeness (QED) is 0.0261. The summed E-state index contributed by atoms with van der Waals surface area (Å²) < 4.78 is 16.9. The van der Waals surface area contributed by atoms with Crippen LogP contribution in [0.3, 0.4) is 0 Å². The van der Waals surface area contributed by atoms with Gasteiger partial charge in [0.1, 0.15) is 13.2 Å². The van der Waals surface area contributed by atoms with Gasteiger partial charge in [0.05, 0.1) is 0 Å². The average Bonchev–Trinajstić information content (AvgIpc) is 3.47. The highest BCUT2D eigenvalue weighted by Gasteiger charge is 2.19. The van der Waals surface area contributed by atoms with Crippen LogP contribution in [0.2, 0.25) is 0 Å². The normalized spacial score (nSPS) is 13.1. The molecule has 0 aromatic carbocycles. The minimum Gasteiger partial charge on any atom is -0.462 e. The molecule has 0 aromatic heterocycles. The summed E-state index contributed by atoms with van der Waals surface area (Å²) in [7, 11) is 0. The van der Waals surface area contributed by atoms with Crippen molar-refractivity contribution in [2.75, 3.05) is 13.2 Å². The smallest absolute Gasteiger partial charge is 0.306 e. The summed E-state index contributed by atoms with van der Waals surface area (Å²) in [6, 6.07) is 0. The van der Waals surface area contributed by atoms with Gasteiger partial charge in [-0.25, -0.2) is 0 Å². The van der Waals surface area contributed by atoms with Crippen molar-refractivity contribution in [3.05, 3.63) is 146 Å². The molecule has 458 valence electrons. The third kappa shape index (κ3) is 66.0. The van der Waals surface area contributed by atoms with Crippen LogP contribution in [0, 0.1) is 0 Å². The second-order valence-electron chi connectivity index (χ2n) is 21.6. The SMILES string of the molecule is CC/C=C\C/C=C\C/C=C\C/C=C\C/C=C\C/C=C\CCCCCCCCCCCCCCCCC(=O)OCC(COC(=O)CCCCCCC/C=C\CCCC)OC(=O)CCCCC/C=C\C/C=C\C/C=C\C/C=C\C/C=C\CC. The minimum absolute atomic E-state index is 0.0973. The first-order valence-corrected chi connectivity index (χ1v) is 33.3. The van der Waals surface area contributed by atoms with Gasteiger partial charge in [0.15, 0.2) is 6.10 Å². The first-order chi connectivity index (χ1) is 40.0. The summed E-state index contributed by atoms with van der Waals surface area (Å²) >= 11 is 0. The highest BCUT2D eigenvalue weighted by molar-refractivity contribution is 5.71. The molecule has 0 saturated heterocycles. The number of hydrogen-bond acceptors (Lipinski definition) is 6. The van der Waals surface area contributed by atoms with Gasteiger partial charge in [-0.15, -0.1) is 0 Å². The molecule has 0 fully saturated rings. The lowest BCUT2D eigenvalue weighted by Crippen LogP contribution is -2.30. The molecule has 0 radical (unpaired) electrons. The second-order valence-corrected chi connectivity index (χ2v) is 21.6. The number of unbranched alkanes of at least 4 members (excludes halogenated alkanes) is 24. The molecule has 0 rings (SSSR count). The number of ether oxygens (including phenoxy) is 3. The first-order valence-electron chi connectivity index (χ1n) is 33.3. The van der Waals surface area contributed by atoms with E-state index < -0.39 is 6.10 Å². The van der Waals surface area contributed by atoms with E-state index in [1.54, 1.807) is 0 Å². The van der Waals surface area contributed by atoms with E-state index in [9.17, 15) is 14.4 Å². The number of esters is 3. The molecule has 0 aromatic rings. The molecule has 1 unspecified atom stereocenters. The molecule has 6 heteroatoms. The molecular weight excluding hydrogens is 997 g/mol. The molecule has 0 aliphatic heterocycles. The van der Waals surface area contributed by atoms with E-state index in [1.807, 2.05) is 0 Å². The first kappa shape index (κ1) is 76.3. The van der Waals surface area contributed by atoms with Crippen LogP contribution >= 0.6 is 0 Å². The Labute approximate surface area is 499 Å². The van der Waals surface area contributed by atoms with Crippen molar-refractivity contribution in [3.63, 3.8) is 0 Å². The van der Waals surface area contributed by atoms with Crippen molar-refractivity contribution in [2.45, 2.75) is 297 Å². The highest BCUT2D eigenvalue weighted by atomic mass is 16.6. The van der Waals surface area contributed by atoms with Crippen LogP contribution in [0.15, 0.2) is 146 Å². The number of carbonyl (C=O) groups excluding carboxylic acids is 3. The zero-order valence-corrected chi connectivity index (χ0v) is 52.5. The van der Waals surface area contributed by atoms with Crippen LogP contribution in [0.4, 0.5) is 0 Å². The molecule has 0 aliphatic carbocycles. The van der Waals surface area contributed by atoms with Gasteiger partial charge >= 0.3 is 17.9 Å². The van der Waals surface area contributed by atoms with Crippen molar-refractivity contribution in [1.82, 2.24) is 0 Å². The lowest BCUT2D eigenvalue weighted by atomic mass is 10.0. The van der Waals surface area contributed by atoms with E-state index in [-0.39, 0.29) is 37.5 Å². The van der Waals surface area contributed by atoms with E-state index in [4.69, 9.17) is 14.2 Å². The molecule has 0 heterocycles. The molecular formula is C75H122O6. The standard InChI is InChI=1S/C75H122O6/c1-4-7-10-13-16-19-22-24-26-28-30-31-32-33-34-35-36-37-38-39-40-41-42-43-45-46-48-50-53-56-59-62-65-68-74(77)80-71-72(70-79-73(76)67-64-61-58-55-52-21-18-15-12-9-6-3)81-75(78)69-66-63-60-57-54-51-49-47-44-29-27-25-23-20-17-14-11-8-5-2/h7-8,10-11,15-20,24-27,30-31,33-34,36-37,44,47,51,54,72H,4-6,9,12-14,21-23,28-29,32,35,38-43,45-46,48-50,52-53,55-71H2,1-3H3/b10-7-,11-8-,18-15-,19-16-,20-17-,26-24-,27-25-,31-30-,34-33-,37-36-,47-44-,54-51-. The summed E-state index contributed by atoms with van der Waals surface area (Å²) in [6.45, 7) is 6.34. The van der Waals surface area contributed by atoms with E-state index in [0.29, 0.717) is 12.8 Å². The summed E-state index contributed by atoms with van der Waals surface area (Å²) in [5, 5.41) is 0. The number of hydrogen-bond donors (Lipinski definition) is 0. The Morgan fingerprint density at radius 3 is 0.778 bits per heavy atom. The lowest BCUT2D eigenvalue weighted by Gasteiger charge is -2.18. The van der Waals surface area contributed by atoms with Gasteiger partial charge in [0.2, 0.25) is 0 Å². The lowest BCUT2D eigenvalue weighted by molar-refractivity contribution is -0.167. The molecule has 0 aliphatic rings. The van der Waals surface area contributed by atoms with Gasteiger partial charge < -0.3 is 14.2 Å². The molecule has 1 atom stereocenters. The van der Waals surface area contributed by atoms with Crippen molar-refractivity contribution in [2.24, 2.45) is 0 Å².